The predicted molar refractivity (Wildman–Crippen MR) is 105 cm³/mol. The lowest BCUT2D eigenvalue weighted by molar-refractivity contribution is -0.118. The Morgan fingerprint density at radius 3 is 2.42 bits per heavy atom. The maximum Gasteiger partial charge on any atom is 0.262 e. The maximum absolute atomic E-state index is 12.1. The van der Waals surface area contributed by atoms with Crippen LogP contribution in [0.5, 0.6) is 11.5 Å². The molecular weight excluding hydrogens is 352 g/mol. The molecule has 1 fully saturated rings. The lowest BCUT2D eigenvalue weighted by Crippen LogP contribution is -2.29. The molecule has 1 amide bonds. The molecule has 1 saturated heterocycles. The Kier molecular flexibility index (Phi) is 6.23. The predicted octanol–water partition coefficient (Wildman–Crippen LogP) is 4.36. The molecule has 0 aromatic heterocycles. The summed E-state index contributed by atoms with van der Waals surface area (Å²) >= 11 is 6.41. The lowest BCUT2D eigenvalue weighted by atomic mass is 10.1. The number of ether oxygens (including phenoxy) is 2. The van der Waals surface area contributed by atoms with Gasteiger partial charge in [-0.05, 0) is 61.7 Å². The van der Waals surface area contributed by atoms with Gasteiger partial charge in [-0.2, -0.15) is 0 Å². The summed E-state index contributed by atoms with van der Waals surface area (Å²) in [7, 11) is 1.60. The van der Waals surface area contributed by atoms with Gasteiger partial charge >= 0.3 is 0 Å². The fourth-order valence-electron chi connectivity index (χ4n) is 2.99. The highest BCUT2D eigenvalue weighted by Crippen LogP contribution is 2.30. The average Bonchev–Trinajstić information content (AvgIpc) is 2.67. The summed E-state index contributed by atoms with van der Waals surface area (Å²) in [6, 6.07) is 12.7. The van der Waals surface area contributed by atoms with Gasteiger partial charge in [0.25, 0.3) is 5.91 Å². The second kappa shape index (κ2) is 8.81. The van der Waals surface area contributed by atoms with Crippen molar-refractivity contribution in [2.75, 3.05) is 37.0 Å². The molecule has 1 aliphatic rings. The Morgan fingerprint density at radius 1 is 1.08 bits per heavy atom. The minimum Gasteiger partial charge on any atom is -0.497 e. The zero-order chi connectivity index (χ0) is 18.4. The van der Waals surface area contributed by atoms with Crippen molar-refractivity contribution in [2.24, 2.45) is 0 Å². The van der Waals surface area contributed by atoms with Crippen molar-refractivity contribution in [3.63, 3.8) is 0 Å². The third kappa shape index (κ3) is 4.82. The molecule has 3 rings (SSSR count). The summed E-state index contributed by atoms with van der Waals surface area (Å²) in [5.74, 6) is 1.12. The second-order valence-electron chi connectivity index (χ2n) is 6.23. The summed E-state index contributed by atoms with van der Waals surface area (Å²) in [6.45, 7) is 1.99. The first-order valence-corrected chi connectivity index (χ1v) is 9.15. The topological polar surface area (TPSA) is 50.8 Å². The summed E-state index contributed by atoms with van der Waals surface area (Å²) in [6.07, 6.45) is 3.66. The van der Waals surface area contributed by atoms with Gasteiger partial charge < -0.3 is 19.7 Å². The van der Waals surface area contributed by atoms with Crippen LogP contribution in [0, 0.1) is 0 Å². The molecule has 0 bridgehead atoms. The van der Waals surface area contributed by atoms with E-state index in [1.54, 1.807) is 37.4 Å². The third-order valence-electron chi connectivity index (χ3n) is 4.36. The first-order valence-electron chi connectivity index (χ1n) is 8.77. The molecule has 0 unspecified atom stereocenters. The number of carbonyl (C=O) groups excluding carboxylic acids is 1. The van der Waals surface area contributed by atoms with Crippen LogP contribution in [0.15, 0.2) is 42.5 Å². The highest BCUT2D eigenvalue weighted by Gasteiger charge is 2.14. The number of halogens is 1. The Balaban J connectivity index is 1.54. The van der Waals surface area contributed by atoms with Crippen LogP contribution in [-0.2, 0) is 4.79 Å². The van der Waals surface area contributed by atoms with Gasteiger partial charge in [-0.1, -0.05) is 11.6 Å². The molecule has 2 aromatic rings. The fourth-order valence-corrected chi connectivity index (χ4v) is 3.29. The van der Waals surface area contributed by atoms with E-state index in [1.807, 2.05) is 12.1 Å². The average molecular weight is 375 g/mol. The molecule has 0 spiro atoms. The fraction of sp³-hybridized carbons (Fsp3) is 0.350. The van der Waals surface area contributed by atoms with Gasteiger partial charge in [0.1, 0.15) is 11.5 Å². The number of rotatable bonds is 6. The van der Waals surface area contributed by atoms with Crippen LogP contribution in [0.25, 0.3) is 0 Å². The quantitative estimate of drug-likeness (QED) is 0.816. The molecule has 6 heteroatoms. The van der Waals surface area contributed by atoms with Crippen LogP contribution in [0.2, 0.25) is 5.02 Å². The smallest absolute Gasteiger partial charge is 0.262 e. The minimum absolute atomic E-state index is 0.0716. The molecule has 1 N–H and O–H groups in total. The van der Waals surface area contributed by atoms with E-state index in [1.165, 1.54) is 19.3 Å². The molecule has 0 aliphatic carbocycles. The van der Waals surface area contributed by atoms with Crippen LogP contribution in [0.3, 0.4) is 0 Å². The highest BCUT2D eigenvalue weighted by molar-refractivity contribution is 6.33. The number of amides is 1. The Bertz CT molecular complexity index is 743. The number of nitrogens with zero attached hydrogens (tertiary/aromatic N) is 1. The van der Waals surface area contributed by atoms with E-state index in [4.69, 9.17) is 21.1 Å². The molecule has 0 atom stereocenters. The van der Waals surface area contributed by atoms with Crippen molar-refractivity contribution < 1.29 is 14.3 Å². The van der Waals surface area contributed by atoms with E-state index >= 15 is 0 Å². The second-order valence-corrected chi connectivity index (χ2v) is 6.63. The largest absolute Gasteiger partial charge is 0.497 e. The molecule has 0 saturated carbocycles. The molecule has 26 heavy (non-hydrogen) atoms. The maximum atomic E-state index is 12.1. The van der Waals surface area contributed by atoms with Crippen LogP contribution in [0.1, 0.15) is 19.3 Å². The molecule has 0 radical (unpaired) electrons. The SMILES string of the molecule is COc1ccc(OCC(=O)Nc2ccc(N3CCCCC3)c(Cl)c2)cc1. The number of anilines is 2. The Hall–Kier alpha value is -2.40. The molecular formula is C20H23ClN2O3. The number of hydrogen-bond acceptors (Lipinski definition) is 4. The van der Waals surface area contributed by atoms with E-state index in [-0.39, 0.29) is 12.5 Å². The first kappa shape index (κ1) is 18.4. The van der Waals surface area contributed by atoms with Crippen molar-refractivity contribution in [1.82, 2.24) is 0 Å². The van der Waals surface area contributed by atoms with Gasteiger partial charge in [0, 0.05) is 18.8 Å². The monoisotopic (exact) mass is 374 g/mol. The molecule has 1 heterocycles. The van der Waals surface area contributed by atoms with Gasteiger partial charge in [-0.15, -0.1) is 0 Å². The zero-order valence-corrected chi connectivity index (χ0v) is 15.6. The molecule has 2 aromatic carbocycles. The number of nitrogens with one attached hydrogen (secondary N) is 1. The van der Waals surface area contributed by atoms with Gasteiger partial charge in [0.2, 0.25) is 0 Å². The van der Waals surface area contributed by atoms with Gasteiger partial charge in [0.15, 0.2) is 6.61 Å². The van der Waals surface area contributed by atoms with Crippen LogP contribution < -0.4 is 19.7 Å². The number of benzene rings is 2. The Morgan fingerprint density at radius 2 is 1.77 bits per heavy atom. The standard InChI is InChI=1S/C20H23ClN2O3/c1-25-16-6-8-17(9-7-16)26-14-20(24)22-15-5-10-19(18(21)13-15)23-11-3-2-4-12-23/h5-10,13H,2-4,11-12,14H2,1H3,(H,22,24). The highest BCUT2D eigenvalue weighted by atomic mass is 35.5. The lowest BCUT2D eigenvalue weighted by Gasteiger charge is -2.29. The van der Waals surface area contributed by atoms with Crippen molar-refractivity contribution in [3.8, 4) is 11.5 Å². The van der Waals surface area contributed by atoms with E-state index in [0.717, 1.165) is 24.5 Å². The summed E-state index contributed by atoms with van der Waals surface area (Å²) in [5, 5.41) is 3.47. The minimum atomic E-state index is -0.234. The van der Waals surface area contributed by atoms with Crippen LogP contribution in [0.4, 0.5) is 11.4 Å². The van der Waals surface area contributed by atoms with Crippen LogP contribution in [-0.4, -0.2) is 32.7 Å². The molecule has 5 nitrogen and oxygen atoms in total. The normalized spacial score (nSPS) is 14.0. The zero-order valence-electron chi connectivity index (χ0n) is 14.8. The number of hydrogen-bond donors (Lipinski definition) is 1. The van der Waals surface area contributed by atoms with Gasteiger partial charge in [0.05, 0.1) is 17.8 Å². The first-order chi connectivity index (χ1) is 12.7. The van der Waals surface area contributed by atoms with Gasteiger partial charge in [-0.25, -0.2) is 0 Å². The van der Waals surface area contributed by atoms with Crippen molar-refractivity contribution >= 4 is 28.9 Å². The number of carbonyl (C=O) groups is 1. The number of piperidine rings is 1. The summed E-state index contributed by atoms with van der Waals surface area (Å²) < 4.78 is 10.6. The van der Waals surface area contributed by atoms with E-state index in [2.05, 4.69) is 10.2 Å². The number of methoxy groups -OCH3 is 1. The Labute approximate surface area is 158 Å². The van der Waals surface area contributed by atoms with Gasteiger partial charge in [-0.3, -0.25) is 4.79 Å². The molecule has 1 aliphatic heterocycles. The van der Waals surface area contributed by atoms with Crippen molar-refractivity contribution in [3.05, 3.63) is 47.5 Å². The van der Waals surface area contributed by atoms with E-state index in [0.29, 0.717) is 16.5 Å². The van der Waals surface area contributed by atoms with Crippen molar-refractivity contribution in [2.45, 2.75) is 19.3 Å². The molecule has 138 valence electrons. The van der Waals surface area contributed by atoms with Crippen molar-refractivity contribution in [1.29, 1.82) is 0 Å². The van der Waals surface area contributed by atoms with E-state index in [9.17, 15) is 4.79 Å². The van der Waals surface area contributed by atoms with E-state index < -0.39 is 0 Å². The summed E-state index contributed by atoms with van der Waals surface area (Å²) in [5.41, 5.74) is 1.69. The third-order valence-corrected chi connectivity index (χ3v) is 4.66. The summed E-state index contributed by atoms with van der Waals surface area (Å²) in [4.78, 5) is 14.4. The van der Waals surface area contributed by atoms with Crippen LogP contribution >= 0.6 is 11.6 Å².